The predicted molar refractivity (Wildman–Crippen MR) is 62.7 cm³/mol. The molecule has 15 heavy (non-hydrogen) atoms. The molecule has 1 atom stereocenters. The molecule has 0 amide bonds. The second kappa shape index (κ2) is 5.61. The van der Waals surface area contributed by atoms with Crippen LogP contribution in [0.5, 0.6) is 0 Å². The first-order valence-corrected chi connectivity index (χ1v) is 6.70. The van der Waals surface area contributed by atoms with Crippen molar-refractivity contribution in [1.29, 1.82) is 0 Å². The monoisotopic (exact) mass is 247 g/mol. The van der Waals surface area contributed by atoms with Crippen LogP contribution in [0.4, 0.5) is 6.01 Å². The lowest BCUT2D eigenvalue weighted by atomic mass is 10.2. The molecule has 4 nitrogen and oxygen atoms in total. The van der Waals surface area contributed by atoms with Gasteiger partial charge in [-0.2, -0.15) is 11.8 Å². The molecule has 0 bridgehead atoms. The van der Waals surface area contributed by atoms with Crippen molar-refractivity contribution in [2.45, 2.75) is 24.5 Å². The molecule has 1 aromatic rings. The summed E-state index contributed by atoms with van der Waals surface area (Å²) in [5.74, 6) is 2.39. The standard InChI is InChI=1S/C9H14ClN3OS/c10-4-3-8-12-13-9(14-8)11-6-7-2-1-5-15-7/h7H,1-6H2,(H,11,13). The summed E-state index contributed by atoms with van der Waals surface area (Å²) in [5, 5.41) is 11.6. The minimum Gasteiger partial charge on any atom is -0.408 e. The molecule has 84 valence electrons. The van der Waals surface area contributed by atoms with E-state index < -0.39 is 0 Å². The lowest BCUT2D eigenvalue weighted by molar-refractivity contribution is 0.512. The van der Waals surface area contributed by atoms with Crippen LogP contribution in [0.2, 0.25) is 0 Å². The number of rotatable bonds is 5. The van der Waals surface area contributed by atoms with E-state index in [2.05, 4.69) is 15.5 Å². The van der Waals surface area contributed by atoms with E-state index >= 15 is 0 Å². The lowest BCUT2D eigenvalue weighted by Crippen LogP contribution is -2.13. The Morgan fingerprint density at radius 1 is 1.53 bits per heavy atom. The number of aryl methyl sites for hydroxylation is 1. The SMILES string of the molecule is ClCCc1nnc(NCC2CCCS2)o1. The Kier molecular flexibility index (Phi) is 4.14. The average molecular weight is 248 g/mol. The highest BCUT2D eigenvalue weighted by Crippen LogP contribution is 2.26. The van der Waals surface area contributed by atoms with Crippen LogP contribution < -0.4 is 5.32 Å². The third kappa shape index (κ3) is 3.28. The second-order valence-corrected chi connectivity index (χ2v) is 5.24. The summed E-state index contributed by atoms with van der Waals surface area (Å²) in [6, 6.07) is 0.516. The molecule has 1 fully saturated rings. The number of anilines is 1. The number of halogens is 1. The zero-order valence-corrected chi connectivity index (χ0v) is 9.98. The van der Waals surface area contributed by atoms with Crippen LogP contribution in [0, 0.1) is 0 Å². The minimum absolute atomic E-state index is 0.514. The van der Waals surface area contributed by atoms with Crippen molar-refractivity contribution in [2.24, 2.45) is 0 Å². The third-order valence-electron chi connectivity index (χ3n) is 2.28. The van der Waals surface area contributed by atoms with Gasteiger partial charge >= 0.3 is 6.01 Å². The maximum absolute atomic E-state index is 5.57. The summed E-state index contributed by atoms with van der Waals surface area (Å²) in [6.45, 7) is 0.910. The van der Waals surface area contributed by atoms with Crippen LogP contribution in [0.25, 0.3) is 0 Å². The van der Waals surface area contributed by atoms with Crippen LogP contribution in [0.15, 0.2) is 4.42 Å². The molecule has 0 spiro atoms. The Morgan fingerprint density at radius 3 is 3.20 bits per heavy atom. The van der Waals surface area contributed by atoms with Gasteiger partial charge in [0.1, 0.15) is 0 Å². The molecule has 1 aliphatic rings. The molecule has 6 heteroatoms. The van der Waals surface area contributed by atoms with Gasteiger partial charge in [0.25, 0.3) is 0 Å². The van der Waals surface area contributed by atoms with E-state index in [-0.39, 0.29) is 0 Å². The fourth-order valence-electron chi connectivity index (χ4n) is 1.51. The Balaban J connectivity index is 1.77. The van der Waals surface area contributed by atoms with Gasteiger partial charge in [0.05, 0.1) is 0 Å². The number of alkyl halides is 1. The van der Waals surface area contributed by atoms with Crippen LogP contribution >= 0.6 is 23.4 Å². The smallest absolute Gasteiger partial charge is 0.315 e. The van der Waals surface area contributed by atoms with Gasteiger partial charge in [-0.25, -0.2) is 0 Å². The zero-order valence-electron chi connectivity index (χ0n) is 8.41. The van der Waals surface area contributed by atoms with E-state index in [1.165, 1.54) is 18.6 Å². The van der Waals surface area contributed by atoms with Gasteiger partial charge in [0, 0.05) is 24.1 Å². The highest BCUT2D eigenvalue weighted by Gasteiger charge is 2.16. The van der Waals surface area contributed by atoms with Gasteiger partial charge < -0.3 is 9.73 Å². The molecular formula is C9H14ClN3OS. The van der Waals surface area contributed by atoms with Crippen molar-refractivity contribution in [3.8, 4) is 0 Å². The third-order valence-corrected chi connectivity index (χ3v) is 3.87. The number of thioether (sulfide) groups is 1. The first kappa shape index (κ1) is 11.1. The largest absolute Gasteiger partial charge is 0.408 e. The van der Waals surface area contributed by atoms with Gasteiger partial charge in [0.2, 0.25) is 5.89 Å². The molecule has 1 aliphatic heterocycles. The minimum atomic E-state index is 0.514. The normalized spacial score (nSPS) is 20.7. The summed E-state index contributed by atoms with van der Waals surface area (Å²) < 4.78 is 5.36. The van der Waals surface area contributed by atoms with E-state index in [0.717, 1.165) is 6.54 Å². The molecule has 0 saturated carbocycles. The molecule has 1 unspecified atom stereocenters. The summed E-state index contributed by atoms with van der Waals surface area (Å²) in [6.07, 6.45) is 3.23. The van der Waals surface area contributed by atoms with Crippen molar-refractivity contribution in [3.63, 3.8) is 0 Å². The van der Waals surface area contributed by atoms with Crippen LogP contribution in [-0.2, 0) is 6.42 Å². The number of hydrogen-bond donors (Lipinski definition) is 1. The van der Waals surface area contributed by atoms with Crippen molar-refractivity contribution >= 4 is 29.4 Å². The molecule has 1 N–H and O–H groups in total. The second-order valence-electron chi connectivity index (χ2n) is 3.46. The quantitative estimate of drug-likeness (QED) is 0.808. The van der Waals surface area contributed by atoms with Crippen LogP contribution in [0.1, 0.15) is 18.7 Å². The van der Waals surface area contributed by atoms with E-state index in [1.54, 1.807) is 0 Å². The number of hydrogen-bond acceptors (Lipinski definition) is 5. The van der Waals surface area contributed by atoms with Crippen molar-refractivity contribution < 1.29 is 4.42 Å². The van der Waals surface area contributed by atoms with Crippen molar-refractivity contribution in [1.82, 2.24) is 10.2 Å². The van der Waals surface area contributed by atoms with E-state index in [9.17, 15) is 0 Å². The first-order chi connectivity index (χ1) is 7.38. The lowest BCUT2D eigenvalue weighted by Gasteiger charge is -2.06. The summed E-state index contributed by atoms with van der Waals surface area (Å²) in [7, 11) is 0. The Labute approximate surface area is 98.2 Å². The topological polar surface area (TPSA) is 51.0 Å². The molecular weight excluding hydrogens is 234 g/mol. The van der Waals surface area contributed by atoms with Crippen molar-refractivity contribution in [2.75, 3.05) is 23.5 Å². The van der Waals surface area contributed by atoms with E-state index in [1.807, 2.05) is 11.8 Å². The predicted octanol–water partition coefficient (Wildman–Crippen LogP) is 2.16. The highest BCUT2D eigenvalue weighted by atomic mass is 35.5. The van der Waals surface area contributed by atoms with Gasteiger partial charge in [-0.15, -0.1) is 16.7 Å². The van der Waals surface area contributed by atoms with Crippen LogP contribution in [0.3, 0.4) is 0 Å². The molecule has 1 saturated heterocycles. The average Bonchev–Trinajstić information content (AvgIpc) is 2.85. The summed E-state index contributed by atoms with van der Waals surface area (Å²) in [4.78, 5) is 0. The molecule has 2 rings (SSSR count). The molecule has 0 aliphatic carbocycles. The van der Waals surface area contributed by atoms with Gasteiger partial charge in [-0.1, -0.05) is 5.10 Å². The van der Waals surface area contributed by atoms with Gasteiger partial charge in [-0.3, -0.25) is 0 Å². The van der Waals surface area contributed by atoms with Gasteiger partial charge in [0.15, 0.2) is 0 Å². The fraction of sp³-hybridized carbons (Fsp3) is 0.778. The number of aromatic nitrogens is 2. The van der Waals surface area contributed by atoms with Crippen molar-refractivity contribution in [3.05, 3.63) is 5.89 Å². The first-order valence-electron chi connectivity index (χ1n) is 5.12. The van der Waals surface area contributed by atoms with E-state index in [0.29, 0.717) is 29.5 Å². The van der Waals surface area contributed by atoms with Gasteiger partial charge in [-0.05, 0) is 18.6 Å². The summed E-state index contributed by atoms with van der Waals surface area (Å²) in [5.41, 5.74) is 0. The molecule has 0 radical (unpaired) electrons. The Hall–Kier alpha value is -0.420. The number of nitrogens with zero attached hydrogens (tertiary/aromatic N) is 2. The zero-order chi connectivity index (χ0) is 10.5. The Bertz CT molecular complexity index is 301. The highest BCUT2D eigenvalue weighted by molar-refractivity contribution is 8.00. The maximum Gasteiger partial charge on any atom is 0.315 e. The molecule has 0 aromatic carbocycles. The van der Waals surface area contributed by atoms with Crippen LogP contribution in [-0.4, -0.2) is 33.6 Å². The molecule has 1 aromatic heterocycles. The molecule has 2 heterocycles. The Morgan fingerprint density at radius 2 is 2.47 bits per heavy atom. The maximum atomic E-state index is 5.57. The summed E-state index contributed by atoms with van der Waals surface area (Å²) >= 11 is 7.58. The van der Waals surface area contributed by atoms with E-state index in [4.69, 9.17) is 16.0 Å². The number of nitrogens with one attached hydrogen (secondary N) is 1. The fourth-order valence-corrected chi connectivity index (χ4v) is 2.88.